The fourth-order valence-electron chi connectivity index (χ4n) is 3.50. The van der Waals surface area contributed by atoms with Crippen molar-refractivity contribution in [1.82, 2.24) is 4.98 Å². The summed E-state index contributed by atoms with van der Waals surface area (Å²) >= 11 is 1.21. The molecule has 168 valence electrons. The highest BCUT2D eigenvalue weighted by atomic mass is 32.2. The normalized spacial score (nSPS) is 10.5. The minimum absolute atomic E-state index is 0.0935. The van der Waals surface area contributed by atoms with Crippen molar-refractivity contribution in [3.05, 3.63) is 101 Å². The fourth-order valence-corrected chi connectivity index (χ4v) is 4.30. The molecule has 4 aromatic rings. The molecular formula is C28H22FN3OS. The molecule has 0 spiro atoms. The molecule has 0 radical (unpaired) electrons. The number of aromatic nitrogens is 1. The number of aryl methyl sites for hydroxylation is 2. The number of hydrogen-bond donors (Lipinski definition) is 1. The highest BCUT2D eigenvalue weighted by molar-refractivity contribution is 8.00. The van der Waals surface area contributed by atoms with E-state index >= 15 is 0 Å². The highest BCUT2D eigenvalue weighted by Crippen LogP contribution is 2.34. The van der Waals surface area contributed by atoms with E-state index in [4.69, 9.17) is 0 Å². The predicted molar refractivity (Wildman–Crippen MR) is 135 cm³/mol. The maximum atomic E-state index is 13.5. The molecule has 1 amide bonds. The van der Waals surface area contributed by atoms with Crippen LogP contribution in [0, 0.1) is 31.0 Å². The molecule has 0 fully saturated rings. The monoisotopic (exact) mass is 467 g/mol. The van der Waals surface area contributed by atoms with Gasteiger partial charge in [-0.2, -0.15) is 5.26 Å². The first-order valence-corrected chi connectivity index (χ1v) is 11.7. The van der Waals surface area contributed by atoms with E-state index in [2.05, 4.69) is 16.4 Å². The summed E-state index contributed by atoms with van der Waals surface area (Å²) in [7, 11) is 0. The van der Waals surface area contributed by atoms with Crippen LogP contribution in [0.15, 0.2) is 83.9 Å². The number of nitrogens with zero attached hydrogens (tertiary/aromatic N) is 2. The van der Waals surface area contributed by atoms with E-state index in [0.717, 1.165) is 33.5 Å². The molecule has 1 aromatic heterocycles. The minimum atomic E-state index is -0.335. The van der Waals surface area contributed by atoms with Crippen molar-refractivity contribution in [2.45, 2.75) is 18.9 Å². The average molecular weight is 468 g/mol. The zero-order chi connectivity index (χ0) is 24.1. The van der Waals surface area contributed by atoms with Crippen molar-refractivity contribution in [2.75, 3.05) is 11.1 Å². The molecule has 0 bridgehead atoms. The molecule has 4 rings (SSSR count). The second-order valence-corrected chi connectivity index (χ2v) is 8.84. The van der Waals surface area contributed by atoms with Gasteiger partial charge in [0, 0.05) is 16.8 Å². The van der Waals surface area contributed by atoms with Crippen molar-refractivity contribution >= 4 is 23.4 Å². The van der Waals surface area contributed by atoms with Crippen LogP contribution in [-0.4, -0.2) is 16.6 Å². The third kappa shape index (κ3) is 5.33. The molecule has 0 saturated carbocycles. The van der Waals surface area contributed by atoms with Gasteiger partial charge in [0.2, 0.25) is 5.91 Å². The van der Waals surface area contributed by atoms with Crippen LogP contribution in [0.1, 0.15) is 16.7 Å². The Labute approximate surface area is 202 Å². The van der Waals surface area contributed by atoms with Gasteiger partial charge in [0.25, 0.3) is 0 Å². The molecule has 0 unspecified atom stereocenters. The van der Waals surface area contributed by atoms with Crippen LogP contribution >= 0.6 is 11.8 Å². The number of nitrogens with one attached hydrogen (secondary N) is 1. The Morgan fingerprint density at radius 3 is 2.35 bits per heavy atom. The van der Waals surface area contributed by atoms with Gasteiger partial charge in [0.05, 0.1) is 17.0 Å². The number of nitriles is 1. The molecule has 0 aliphatic rings. The number of thioether (sulfide) groups is 1. The Kier molecular flexibility index (Phi) is 7.05. The Bertz CT molecular complexity index is 1380. The van der Waals surface area contributed by atoms with Crippen LogP contribution in [-0.2, 0) is 4.79 Å². The summed E-state index contributed by atoms with van der Waals surface area (Å²) < 4.78 is 13.5. The standard InChI is InChI=1S/C28H22FN3OS/c1-18-7-9-20(10-8-18)23-15-26(21-11-13-22(29)14-12-21)32-28(24(23)16-30)34-17-27(33)31-25-6-4-3-5-19(25)2/h3-15H,17H2,1-2H3,(H,31,33). The number of amides is 1. The van der Waals surface area contributed by atoms with Gasteiger partial charge in [0.1, 0.15) is 16.9 Å². The van der Waals surface area contributed by atoms with Gasteiger partial charge < -0.3 is 5.32 Å². The number of halogens is 1. The number of hydrogen-bond acceptors (Lipinski definition) is 4. The lowest BCUT2D eigenvalue weighted by Gasteiger charge is -2.13. The smallest absolute Gasteiger partial charge is 0.234 e. The van der Waals surface area contributed by atoms with E-state index < -0.39 is 0 Å². The minimum Gasteiger partial charge on any atom is -0.325 e. The number of pyridine rings is 1. The average Bonchev–Trinajstić information content (AvgIpc) is 2.84. The summed E-state index contributed by atoms with van der Waals surface area (Å²) in [6, 6.07) is 25.6. The van der Waals surface area contributed by atoms with Crippen molar-refractivity contribution < 1.29 is 9.18 Å². The molecule has 1 N–H and O–H groups in total. The first-order chi connectivity index (χ1) is 16.4. The topological polar surface area (TPSA) is 65.8 Å². The van der Waals surface area contributed by atoms with Gasteiger partial charge in [-0.3, -0.25) is 4.79 Å². The molecule has 3 aromatic carbocycles. The SMILES string of the molecule is Cc1ccc(-c2cc(-c3ccc(F)cc3)nc(SCC(=O)Nc3ccccc3C)c2C#N)cc1. The molecule has 6 heteroatoms. The zero-order valence-corrected chi connectivity index (χ0v) is 19.6. The van der Waals surface area contributed by atoms with Gasteiger partial charge in [-0.25, -0.2) is 9.37 Å². The summed E-state index contributed by atoms with van der Waals surface area (Å²) in [4.78, 5) is 17.3. The van der Waals surface area contributed by atoms with Gasteiger partial charge in [0.15, 0.2) is 0 Å². The number of rotatable bonds is 6. The molecule has 4 nitrogen and oxygen atoms in total. The lowest BCUT2D eigenvalue weighted by Crippen LogP contribution is -2.15. The first kappa shape index (κ1) is 23.2. The lowest BCUT2D eigenvalue weighted by molar-refractivity contribution is -0.113. The van der Waals surface area contributed by atoms with Gasteiger partial charge in [-0.15, -0.1) is 0 Å². The first-order valence-electron chi connectivity index (χ1n) is 10.7. The van der Waals surface area contributed by atoms with Crippen molar-refractivity contribution in [3.8, 4) is 28.5 Å². The summed E-state index contributed by atoms with van der Waals surface area (Å²) in [5.74, 6) is -0.427. The Morgan fingerprint density at radius 1 is 1.00 bits per heavy atom. The van der Waals surface area contributed by atoms with Crippen LogP contribution in [0.2, 0.25) is 0 Å². The highest BCUT2D eigenvalue weighted by Gasteiger charge is 2.17. The Morgan fingerprint density at radius 2 is 1.68 bits per heavy atom. The van der Waals surface area contributed by atoms with E-state index in [-0.39, 0.29) is 17.5 Å². The lowest BCUT2D eigenvalue weighted by atomic mass is 9.98. The maximum Gasteiger partial charge on any atom is 0.234 e. The maximum absolute atomic E-state index is 13.5. The summed E-state index contributed by atoms with van der Waals surface area (Å²) in [5.41, 5.74) is 6.17. The number of carbonyl (C=O) groups is 1. The van der Waals surface area contributed by atoms with Crippen LogP contribution in [0.25, 0.3) is 22.4 Å². The molecule has 1 heterocycles. The fraction of sp³-hybridized carbons (Fsp3) is 0.107. The molecule has 0 aliphatic heterocycles. The van der Waals surface area contributed by atoms with Gasteiger partial charge >= 0.3 is 0 Å². The van der Waals surface area contributed by atoms with E-state index in [1.165, 1.54) is 23.9 Å². The Hall–Kier alpha value is -3.95. The van der Waals surface area contributed by atoms with Crippen LogP contribution in [0.4, 0.5) is 10.1 Å². The number of carbonyl (C=O) groups excluding carboxylic acids is 1. The van der Waals surface area contributed by atoms with Crippen molar-refractivity contribution in [2.24, 2.45) is 0 Å². The van der Waals surface area contributed by atoms with E-state index in [9.17, 15) is 14.4 Å². The number of para-hydroxylation sites is 1. The molecular weight excluding hydrogens is 445 g/mol. The van der Waals surface area contributed by atoms with E-state index in [0.29, 0.717) is 16.3 Å². The second-order valence-electron chi connectivity index (χ2n) is 7.87. The summed E-state index contributed by atoms with van der Waals surface area (Å²) in [6.45, 7) is 3.93. The number of benzene rings is 3. The van der Waals surface area contributed by atoms with E-state index in [1.807, 2.05) is 68.4 Å². The van der Waals surface area contributed by atoms with Crippen molar-refractivity contribution in [3.63, 3.8) is 0 Å². The molecule has 0 saturated heterocycles. The largest absolute Gasteiger partial charge is 0.325 e. The van der Waals surface area contributed by atoms with Gasteiger partial charge in [-0.1, -0.05) is 59.8 Å². The summed E-state index contributed by atoms with van der Waals surface area (Å²) in [6.07, 6.45) is 0. The number of anilines is 1. The summed E-state index contributed by atoms with van der Waals surface area (Å²) in [5, 5.41) is 13.4. The quantitative estimate of drug-likeness (QED) is 0.318. The second kappa shape index (κ2) is 10.3. The molecule has 34 heavy (non-hydrogen) atoms. The van der Waals surface area contributed by atoms with Crippen LogP contribution < -0.4 is 5.32 Å². The molecule has 0 aliphatic carbocycles. The Balaban J connectivity index is 1.70. The zero-order valence-electron chi connectivity index (χ0n) is 18.8. The van der Waals surface area contributed by atoms with Gasteiger partial charge in [-0.05, 0) is 61.4 Å². The van der Waals surface area contributed by atoms with Crippen molar-refractivity contribution in [1.29, 1.82) is 5.26 Å². The van der Waals surface area contributed by atoms with Crippen LogP contribution in [0.5, 0.6) is 0 Å². The van der Waals surface area contributed by atoms with E-state index in [1.54, 1.807) is 12.1 Å². The van der Waals surface area contributed by atoms with Crippen LogP contribution in [0.3, 0.4) is 0 Å². The third-order valence-corrected chi connectivity index (χ3v) is 6.34. The third-order valence-electron chi connectivity index (χ3n) is 5.36. The predicted octanol–water partition coefficient (Wildman–Crippen LogP) is 6.77. The molecule has 0 atom stereocenters.